The molecular weight excluding hydrogens is 285 g/mol. The summed E-state index contributed by atoms with van der Waals surface area (Å²) in [5, 5.41) is 21.4. The van der Waals surface area contributed by atoms with Gasteiger partial charge in [-0.2, -0.15) is 0 Å². The van der Waals surface area contributed by atoms with E-state index in [2.05, 4.69) is 11.2 Å². The number of carbonyl (C=O) groups is 2. The van der Waals surface area contributed by atoms with E-state index in [4.69, 9.17) is 11.5 Å². The number of hydrogen-bond donors (Lipinski definition) is 2. The summed E-state index contributed by atoms with van der Waals surface area (Å²) in [6, 6.07) is 1.58. The van der Waals surface area contributed by atoms with E-state index < -0.39 is 35.0 Å². The van der Waals surface area contributed by atoms with Gasteiger partial charge in [0.05, 0.1) is 23.2 Å². The fourth-order valence-electron chi connectivity index (χ4n) is 1.43. The van der Waals surface area contributed by atoms with Gasteiger partial charge in [-0.15, -0.1) is 6.42 Å². The van der Waals surface area contributed by atoms with Crippen LogP contribution in [0.5, 0.6) is 0 Å². The van der Waals surface area contributed by atoms with Crippen molar-refractivity contribution in [2.24, 2.45) is 0 Å². The summed E-state index contributed by atoms with van der Waals surface area (Å²) in [4.78, 5) is 32.9. The molecule has 0 saturated heterocycles. The second-order valence-electron chi connectivity index (χ2n) is 3.84. The van der Waals surface area contributed by atoms with Crippen molar-refractivity contribution in [2.45, 2.75) is 0 Å². The lowest BCUT2D eigenvalue weighted by Gasteiger charge is -2.18. The number of terminal acetylenes is 1. The number of carboxylic acid groups (broad SMARTS) is 1. The van der Waals surface area contributed by atoms with Crippen molar-refractivity contribution >= 4 is 23.4 Å². The van der Waals surface area contributed by atoms with Gasteiger partial charge < -0.3 is 15.3 Å². The number of rotatable bonds is 5. The van der Waals surface area contributed by atoms with Gasteiger partial charge in [-0.25, -0.2) is 9.18 Å². The number of non-ortho nitro benzene ring substituents is 1. The number of halogens is 1. The van der Waals surface area contributed by atoms with Crippen LogP contribution in [0.3, 0.4) is 0 Å². The Morgan fingerprint density at radius 3 is 2.67 bits per heavy atom. The molecule has 1 aromatic rings. The van der Waals surface area contributed by atoms with Crippen LogP contribution in [-0.4, -0.2) is 40.0 Å². The summed E-state index contributed by atoms with van der Waals surface area (Å²) in [6.45, 7) is -0.941. The first-order valence-electron chi connectivity index (χ1n) is 5.49. The van der Waals surface area contributed by atoms with E-state index in [1.165, 1.54) is 0 Å². The molecular formula is C12H10FN3O5. The molecule has 2 amide bonds. The SMILES string of the molecule is C#CCN(CC(=O)O)C(=O)Nc1cc(F)cc([N+](=O)[O-])c1. The first-order chi connectivity index (χ1) is 9.83. The quantitative estimate of drug-likeness (QED) is 0.482. The molecule has 0 fully saturated rings. The Kier molecular flexibility index (Phi) is 5.19. The lowest BCUT2D eigenvalue weighted by molar-refractivity contribution is -0.385. The molecule has 110 valence electrons. The number of anilines is 1. The minimum atomic E-state index is -1.29. The van der Waals surface area contributed by atoms with Gasteiger partial charge in [-0.1, -0.05) is 5.92 Å². The van der Waals surface area contributed by atoms with Gasteiger partial charge in [0.1, 0.15) is 12.4 Å². The Bertz CT molecular complexity index is 626. The van der Waals surface area contributed by atoms with Crippen molar-refractivity contribution in [3.63, 3.8) is 0 Å². The normalized spacial score (nSPS) is 9.52. The maximum absolute atomic E-state index is 13.2. The predicted octanol–water partition coefficient (Wildman–Crippen LogP) is 1.29. The number of carboxylic acids is 1. The second kappa shape index (κ2) is 6.85. The molecule has 0 radical (unpaired) electrons. The molecule has 0 aliphatic carbocycles. The Labute approximate surface area is 118 Å². The lowest BCUT2D eigenvalue weighted by atomic mass is 10.2. The molecule has 1 rings (SSSR count). The fraction of sp³-hybridized carbons (Fsp3) is 0.167. The van der Waals surface area contributed by atoms with Gasteiger partial charge >= 0.3 is 12.0 Å². The smallest absolute Gasteiger partial charge is 0.323 e. The Hall–Kier alpha value is -3.15. The maximum atomic E-state index is 13.2. The number of urea groups is 1. The lowest BCUT2D eigenvalue weighted by Crippen LogP contribution is -2.39. The third kappa shape index (κ3) is 4.79. The Balaban J connectivity index is 2.93. The van der Waals surface area contributed by atoms with Gasteiger partial charge in [0.15, 0.2) is 0 Å². The minimum Gasteiger partial charge on any atom is -0.480 e. The summed E-state index contributed by atoms with van der Waals surface area (Å²) in [6.07, 6.45) is 5.01. The number of hydrogen-bond acceptors (Lipinski definition) is 4. The van der Waals surface area contributed by atoms with E-state index >= 15 is 0 Å². The van der Waals surface area contributed by atoms with Crippen molar-refractivity contribution in [2.75, 3.05) is 18.4 Å². The van der Waals surface area contributed by atoms with Gasteiger partial charge in [-0.05, 0) is 6.07 Å². The highest BCUT2D eigenvalue weighted by molar-refractivity contribution is 5.91. The van der Waals surface area contributed by atoms with Gasteiger partial charge in [-0.3, -0.25) is 14.9 Å². The van der Waals surface area contributed by atoms with Crippen LogP contribution in [0, 0.1) is 28.3 Å². The summed E-state index contributed by atoms with van der Waals surface area (Å²) in [7, 11) is 0. The maximum Gasteiger partial charge on any atom is 0.323 e. The van der Waals surface area contributed by atoms with Crippen LogP contribution in [0.2, 0.25) is 0 Å². The predicted molar refractivity (Wildman–Crippen MR) is 70.1 cm³/mol. The zero-order valence-electron chi connectivity index (χ0n) is 10.6. The molecule has 2 N–H and O–H groups in total. The molecule has 1 aromatic carbocycles. The summed E-state index contributed by atoms with van der Waals surface area (Å²) >= 11 is 0. The van der Waals surface area contributed by atoms with Crippen molar-refractivity contribution in [3.8, 4) is 12.3 Å². The van der Waals surface area contributed by atoms with Gasteiger partial charge in [0.2, 0.25) is 0 Å². The summed E-state index contributed by atoms with van der Waals surface area (Å²) in [5.41, 5.74) is -0.730. The number of aliphatic carboxylic acids is 1. The zero-order chi connectivity index (χ0) is 16.0. The van der Waals surface area contributed by atoms with Crippen LogP contribution in [0.15, 0.2) is 18.2 Å². The summed E-state index contributed by atoms with van der Waals surface area (Å²) < 4.78 is 13.2. The molecule has 0 spiro atoms. The first kappa shape index (κ1) is 15.9. The number of amides is 2. The average molecular weight is 295 g/mol. The van der Waals surface area contributed by atoms with Crippen LogP contribution in [0.1, 0.15) is 0 Å². The zero-order valence-corrected chi connectivity index (χ0v) is 10.6. The fourth-order valence-corrected chi connectivity index (χ4v) is 1.43. The molecule has 0 unspecified atom stereocenters. The molecule has 8 nitrogen and oxygen atoms in total. The van der Waals surface area contributed by atoms with Crippen LogP contribution < -0.4 is 5.32 Å². The van der Waals surface area contributed by atoms with Gasteiger partial charge in [0, 0.05) is 6.07 Å². The largest absolute Gasteiger partial charge is 0.480 e. The van der Waals surface area contributed by atoms with Crippen molar-refractivity contribution in [1.29, 1.82) is 0 Å². The van der Waals surface area contributed by atoms with E-state index in [0.29, 0.717) is 6.07 Å². The molecule has 0 atom stereocenters. The highest BCUT2D eigenvalue weighted by Crippen LogP contribution is 2.20. The Morgan fingerprint density at radius 1 is 1.48 bits per heavy atom. The number of nitro groups is 1. The van der Waals surface area contributed by atoms with Crippen molar-refractivity contribution < 1.29 is 24.0 Å². The number of nitrogens with zero attached hydrogens (tertiary/aromatic N) is 2. The molecule has 0 aliphatic heterocycles. The third-order valence-electron chi connectivity index (χ3n) is 2.24. The van der Waals surface area contributed by atoms with Crippen LogP contribution in [0.25, 0.3) is 0 Å². The van der Waals surface area contributed by atoms with Gasteiger partial charge in [0.25, 0.3) is 5.69 Å². The number of nitrogens with one attached hydrogen (secondary N) is 1. The topological polar surface area (TPSA) is 113 Å². The molecule has 0 bridgehead atoms. The average Bonchev–Trinajstić information content (AvgIpc) is 2.36. The van der Waals surface area contributed by atoms with Crippen molar-refractivity contribution in [1.82, 2.24) is 4.90 Å². The standard InChI is InChI=1S/C12H10FN3O5/c1-2-3-15(7-11(17)18)12(19)14-9-4-8(13)5-10(6-9)16(20)21/h1,4-6H,3,7H2,(H,14,19)(H,17,18). The third-order valence-corrected chi connectivity index (χ3v) is 2.24. The van der Waals surface area contributed by atoms with E-state index in [0.717, 1.165) is 17.0 Å². The van der Waals surface area contributed by atoms with Crippen LogP contribution in [0.4, 0.5) is 20.6 Å². The number of benzene rings is 1. The molecule has 0 saturated carbocycles. The van der Waals surface area contributed by atoms with Crippen molar-refractivity contribution in [3.05, 3.63) is 34.1 Å². The van der Waals surface area contributed by atoms with Crippen LogP contribution >= 0.6 is 0 Å². The minimum absolute atomic E-state index is 0.181. The molecule has 0 heterocycles. The number of nitro benzene ring substituents is 1. The Morgan fingerprint density at radius 2 is 2.14 bits per heavy atom. The molecule has 0 aromatic heterocycles. The van der Waals surface area contributed by atoms with E-state index in [1.54, 1.807) is 0 Å². The van der Waals surface area contributed by atoms with E-state index in [1.807, 2.05) is 0 Å². The second-order valence-corrected chi connectivity index (χ2v) is 3.84. The molecule has 9 heteroatoms. The molecule has 21 heavy (non-hydrogen) atoms. The van der Waals surface area contributed by atoms with E-state index in [9.17, 15) is 24.1 Å². The monoisotopic (exact) mass is 295 g/mol. The van der Waals surface area contributed by atoms with Crippen LogP contribution in [-0.2, 0) is 4.79 Å². The highest BCUT2D eigenvalue weighted by atomic mass is 19.1. The summed E-state index contributed by atoms with van der Waals surface area (Å²) in [5.74, 6) is -0.102. The number of carbonyl (C=O) groups excluding carboxylic acids is 1. The highest BCUT2D eigenvalue weighted by Gasteiger charge is 2.17. The molecule has 0 aliphatic rings. The van der Waals surface area contributed by atoms with E-state index in [-0.39, 0.29) is 12.2 Å². The first-order valence-corrected chi connectivity index (χ1v) is 5.49.